The van der Waals surface area contributed by atoms with Gasteiger partial charge in [-0.2, -0.15) is 0 Å². The lowest BCUT2D eigenvalue weighted by Crippen LogP contribution is -2.40. The van der Waals surface area contributed by atoms with Crippen LogP contribution in [0.1, 0.15) is 30.5 Å². The fourth-order valence-corrected chi connectivity index (χ4v) is 4.03. The van der Waals surface area contributed by atoms with Gasteiger partial charge in [0.2, 0.25) is 0 Å². The molecule has 0 aliphatic carbocycles. The molecular formula is C13H22O2Si. The SMILES string of the molecule is CCO[SiH](OCC)c1c(C)cc(C)cc1C. The van der Waals surface area contributed by atoms with Crippen molar-refractivity contribution >= 4 is 14.5 Å². The second-order valence-electron chi connectivity index (χ2n) is 4.06. The number of hydrogen-bond acceptors (Lipinski definition) is 2. The Balaban J connectivity index is 3.07. The van der Waals surface area contributed by atoms with E-state index in [1.54, 1.807) is 0 Å². The average molecular weight is 238 g/mol. The largest absolute Gasteiger partial charge is 0.394 e. The third-order valence-electron chi connectivity index (χ3n) is 2.61. The van der Waals surface area contributed by atoms with E-state index in [9.17, 15) is 0 Å². The van der Waals surface area contributed by atoms with Crippen molar-refractivity contribution in [1.82, 2.24) is 0 Å². The minimum atomic E-state index is -1.69. The highest BCUT2D eigenvalue weighted by molar-refractivity contribution is 6.62. The molecule has 0 aliphatic heterocycles. The molecule has 0 bridgehead atoms. The van der Waals surface area contributed by atoms with E-state index >= 15 is 0 Å². The van der Waals surface area contributed by atoms with Gasteiger partial charge in [0.15, 0.2) is 0 Å². The van der Waals surface area contributed by atoms with Crippen LogP contribution in [0.3, 0.4) is 0 Å². The highest BCUT2D eigenvalue weighted by Gasteiger charge is 2.20. The van der Waals surface area contributed by atoms with Crippen molar-refractivity contribution in [3.63, 3.8) is 0 Å². The van der Waals surface area contributed by atoms with E-state index in [4.69, 9.17) is 8.85 Å². The minimum absolute atomic E-state index is 0.726. The standard InChI is InChI=1S/C13H22O2Si/c1-6-14-16(15-7-2)13-11(4)8-10(3)9-12(13)5/h8-9,16H,6-7H2,1-5H3. The van der Waals surface area contributed by atoms with Gasteiger partial charge in [-0.25, -0.2) is 0 Å². The van der Waals surface area contributed by atoms with Gasteiger partial charge in [0, 0.05) is 13.2 Å². The summed E-state index contributed by atoms with van der Waals surface area (Å²) in [7, 11) is -1.69. The fraction of sp³-hybridized carbons (Fsp3) is 0.538. The quantitative estimate of drug-likeness (QED) is 0.732. The van der Waals surface area contributed by atoms with Gasteiger partial charge in [0.1, 0.15) is 0 Å². The monoisotopic (exact) mass is 238 g/mol. The summed E-state index contributed by atoms with van der Waals surface area (Å²) < 4.78 is 11.6. The molecule has 0 atom stereocenters. The van der Waals surface area contributed by atoms with Crippen LogP contribution in [0.2, 0.25) is 0 Å². The van der Waals surface area contributed by atoms with Gasteiger partial charge in [-0.15, -0.1) is 0 Å². The maximum absolute atomic E-state index is 5.79. The molecule has 0 amide bonds. The zero-order chi connectivity index (χ0) is 12.1. The molecule has 0 fully saturated rings. The fourth-order valence-electron chi connectivity index (χ4n) is 2.08. The number of aryl methyl sites for hydroxylation is 3. The predicted molar refractivity (Wildman–Crippen MR) is 70.7 cm³/mol. The first-order valence-electron chi connectivity index (χ1n) is 5.91. The number of hydrogen-bond donors (Lipinski definition) is 0. The summed E-state index contributed by atoms with van der Waals surface area (Å²) in [6.07, 6.45) is 0. The molecule has 0 spiro atoms. The van der Waals surface area contributed by atoms with Crippen molar-refractivity contribution < 1.29 is 8.85 Å². The van der Waals surface area contributed by atoms with Crippen molar-refractivity contribution in [1.29, 1.82) is 0 Å². The van der Waals surface area contributed by atoms with Crippen LogP contribution < -0.4 is 5.19 Å². The molecular weight excluding hydrogens is 216 g/mol. The lowest BCUT2D eigenvalue weighted by atomic mass is 10.1. The van der Waals surface area contributed by atoms with Crippen LogP contribution in [-0.2, 0) is 8.85 Å². The Morgan fingerprint density at radius 2 is 1.38 bits per heavy atom. The van der Waals surface area contributed by atoms with Gasteiger partial charge < -0.3 is 8.85 Å². The molecule has 16 heavy (non-hydrogen) atoms. The molecule has 3 heteroatoms. The molecule has 0 saturated carbocycles. The van der Waals surface area contributed by atoms with Crippen molar-refractivity contribution in [2.24, 2.45) is 0 Å². The first-order valence-corrected chi connectivity index (χ1v) is 7.43. The van der Waals surface area contributed by atoms with Crippen molar-refractivity contribution in [3.05, 3.63) is 28.8 Å². The molecule has 0 saturated heterocycles. The molecule has 0 N–H and O–H groups in total. The summed E-state index contributed by atoms with van der Waals surface area (Å²) in [6.45, 7) is 11.9. The summed E-state index contributed by atoms with van der Waals surface area (Å²) in [5.41, 5.74) is 3.91. The van der Waals surface area contributed by atoms with Crippen LogP contribution in [0.4, 0.5) is 0 Å². The third-order valence-corrected chi connectivity index (χ3v) is 5.26. The molecule has 1 rings (SSSR count). The minimum Gasteiger partial charge on any atom is -0.394 e. The smallest absolute Gasteiger partial charge is 0.356 e. The Labute approximate surface area is 100 Å². The first-order chi connectivity index (χ1) is 7.60. The molecule has 0 heterocycles. The van der Waals surface area contributed by atoms with E-state index in [-0.39, 0.29) is 0 Å². The Kier molecular flexibility index (Phi) is 5.18. The summed E-state index contributed by atoms with van der Waals surface area (Å²) in [5.74, 6) is 0. The normalized spacial score (nSPS) is 11.1. The van der Waals surface area contributed by atoms with Crippen molar-refractivity contribution in [2.45, 2.75) is 34.6 Å². The van der Waals surface area contributed by atoms with Gasteiger partial charge in [-0.3, -0.25) is 0 Å². The lowest BCUT2D eigenvalue weighted by Gasteiger charge is -2.19. The van der Waals surface area contributed by atoms with Crippen LogP contribution >= 0.6 is 0 Å². The Morgan fingerprint density at radius 3 is 1.75 bits per heavy atom. The molecule has 0 aromatic heterocycles. The first kappa shape index (κ1) is 13.4. The van der Waals surface area contributed by atoms with E-state index in [1.807, 2.05) is 13.8 Å². The van der Waals surface area contributed by atoms with Gasteiger partial charge in [-0.05, 0) is 50.9 Å². The van der Waals surface area contributed by atoms with Gasteiger partial charge >= 0.3 is 9.28 Å². The summed E-state index contributed by atoms with van der Waals surface area (Å²) in [5, 5.41) is 1.31. The molecule has 1 aromatic rings. The van der Waals surface area contributed by atoms with E-state index in [1.165, 1.54) is 21.9 Å². The van der Waals surface area contributed by atoms with Gasteiger partial charge in [0.25, 0.3) is 0 Å². The highest BCUT2D eigenvalue weighted by Crippen LogP contribution is 2.08. The molecule has 90 valence electrons. The maximum Gasteiger partial charge on any atom is 0.356 e. The van der Waals surface area contributed by atoms with Gasteiger partial charge in [0.05, 0.1) is 0 Å². The zero-order valence-electron chi connectivity index (χ0n) is 11.0. The van der Waals surface area contributed by atoms with Crippen LogP contribution in [0.15, 0.2) is 12.1 Å². The van der Waals surface area contributed by atoms with E-state index in [0.29, 0.717) is 0 Å². The predicted octanol–water partition coefficient (Wildman–Crippen LogP) is 2.11. The molecule has 0 unspecified atom stereocenters. The summed E-state index contributed by atoms with van der Waals surface area (Å²) in [6, 6.07) is 4.42. The Hall–Kier alpha value is -0.643. The van der Waals surface area contributed by atoms with Crippen molar-refractivity contribution in [3.8, 4) is 0 Å². The van der Waals surface area contributed by atoms with Gasteiger partial charge in [-0.1, -0.05) is 17.7 Å². The highest BCUT2D eigenvalue weighted by atomic mass is 28.3. The topological polar surface area (TPSA) is 18.5 Å². The maximum atomic E-state index is 5.79. The second kappa shape index (κ2) is 6.18. The Morgan fingerprint density at radius 1 is 0.938 bits per heavy atom. The zero-order valence-corrected chi connectivity index (χ0v) is 12.1. The van der Waals surface area contributed by atoms with E-state index in [0.717, 1.165) is 13.2 Å². The van der Waals surface area contributed by atoms with Crippen LogP contribution in [0.25, 0.3) is 0 Å². The Bertz CT molecular complexity index is 321. The second-order valence-corrected chi connectivity index (χ2v) is 5.96. The van der Waals surface area contributed by atoms with E-state index in [2.05, 4.69) is 32.9 Å². The average Bonchev–Trinajstić information content (AvgIpc) is 2.16. The summed E-state index contributed by atoms with van der Waals surface area (Å²) in [4.78, 5) is 0. The molecule has 0 radical (unpaired) electrons. The molecule has 2 nitrogen and oxygen atoms in total. The third kappa shape index (κ3) is 3.17. The van der Waals surface area contributed by atoms with Crippen LogP contribution in [-0.4, -0.2) is 22.5 Å². The van der Waals surface area contributed by atoms with Crippen molar-refractivity contribution in [2.75, 3.05) is 13.2 Å². The molecule has 1 aromatic carbocycles. The van der Waals surface area contributed by atoms with Crippen LogP contribution in [0.5, 0.6) is 0 Å². The number of benzene rings is 1. The summed E-state index contributed by atoms with van der Waals surface area (Å²) >= 11 is 0. The molecule has 0 aliphatic rings. The van der Waals surface area contributed by atoms with Crippen LogP contribution in [0, 0.1) is 20.8 Å². The lowest BCUT2D eigenvalue weighted by molar-refractivity contribution is 0.225. The van der Waals surface area contributed by atoms with E-state index < -0.39 is 9.28 Å². The number of rotatable bonds is 5.